The number of nitriles is 1. The second-order valence-electron chi connectivity index (χ2n) is 3.24. The van der Waals surface area contributed by atoms with Gasteiger partial charge in [0.25, 0.3) is 0 Å². The first-order chi connectivity index (χ1) is 7.45. The molecule has 7 heteroatoms. The molecule has 0 saturated carbocycles. The molecular weight excluding hydrogens is 225 g/mol. The Morgan fingerprint density at radius 3 is 2.44 bits per heavy atom. The molecule has 0 rings (SSSR count). The van der Waals surface area contributed by atoms with Crippen molar-refractivity contribution in [2.24, 2.45) is 5.92 Å². The Bertz CT molecular complexity index is 228. The quantitative estimate of drug-likeness (QED) is 0.709. The molecule has 94 valence electrons. The minimum absolute atomic E-state index is 0.0949. The van der Waals surface area contributed by atoms with E-state index in [1.807, 2.05) is 0 Å². The van der Waals surface area contributed by atoms with E-state index < -0.39 is 18.6 Å². The van der Waals surface area contributed by atoms with E-state index in [1.54, 1.807) is 0 Å². The molecule has 0 saturated heterocycles. The highest BCUT2D eigenvalue weighted by molar-refractivity contribution is 4.90. The van der Waals surface area contributed by atoms with Crippen LogP contribution in [0.15, 0.2) is 0 Å². The second-order valence-corrected chi connectivity index (χ2v) is 3.24. The van der Waals surface area contributed by atoms with Gasteiger partial charge in [-0.15, -0.1) is 0 Å². The van der Waals surface area contributed by atoms with Crippen LogP contribution in [0.25, 0.3) is 0 Å². The number of hydrogen-bond donors (Lipinski definition) is 1. The first-order valence-corrected chi connectivity index (χ1v) is 4.74. The van der Waals surface area contributed by atoms with Gasteiger partial charge in [-0.2, -0.15) is 18.4 Å². The monoisotopic (exact) mass is 240 g/mol. The van der Waals surface area contributed by atoms with Gasteiger partial charge < -0.3 is 9.84 Å². The molecule has 0 amide bonds. The molecule has 0 bridgehead atoms. The number of hydrogen-bond acceptors (Lipinski definition) is 4. The van der Waals surface area contributed by atoms with Gasteiger partial charge in [0.15, 0.2) is 5.92 Å². The van der Waals surface area contributed by atoms with Gasteiger partial charge in [0, 0.05) is 26.7 Å². The van der Waals surface area contributed by atoms with Crippen LogP contribution in [0.3, 0.4) is 0 Å². The molecule has 0 aliphatic rings. The van der Waals surface area contributed by atoms with Gasteiger partial charge >= 0.3 is 6.18 Å². The number of methoxy groups -OCH3 is 1. The fourth-order valence-corrected chi connectivity index (χ4v) is 1.13. The minimum atomic E-state index is -4.53. The topological polar surface area (TPSA) is 56.5 Å². The number of ether oxygens (including phenoxy) is 1. The van der Waals surface area contributed by atoms with E-state index in [1.165, 1.54) is 18.1 Å². The van der Waals surface area contributed by atoms with Crippen LogP contribution in [-0.4, -0.2) is 56.1 Å². The van der Waals surface area contributed by atoms with E-state index >= 15 is 0 Å². The summed E-state index contributed by atoms with van der Waals surface area (Å²) in [6.45, 7) is -0.0808. The number of aliphatic hydroxyl groups is 1. The molecule has 16 heavy (non-hydrogen) atoms. The van der Waals surface area contributed by atoms with E-state index in [2.05, 4.69) is 0 Å². The maximum atomic E-state index is 12.3. The van der Waals surface area contributed by atoms with Gasteiger partial charge in [-0.1, -0.05) is 0 Å². The van der Waals surface area contributed by atoms with Crippen molar-refractivity contribution in [2.75, 3.05) is 40.0 Å². The fourth-order valence-electron chi connectivity index (χ4n) is 1.13. The van der Waals surface area contributed by atoms with Crippen molar-refractivity contribution in [2.45, 2.75) is 6.18 Å². The number of rotatable bonds is 7. The third kappa shape index (κ3) is 5.90. The number of halogens is 3. The molecule has 1 atom stereocenters. The van der Waals surface area contributed by atoms with E-state index in [0.29, 0.717) is 0 Å². The Kier molecular flexibility index (Phi) is 7.05. The minimum Gasteiger partial charge on any atom is -0.395 e. The van der Waals surface area contributed by atoms with Gasteiger partial charge in [-0.05, 0) is 0 Å². The Morgan fingerprint density at radius 1 is 1.44 bits per heavy atom. The van der Waals surface area contributed by atoms with Gasteiger partial charge in [0.05, 0.1) is 19.3 Å². The third-order valence-electron chi connectivity index (χ3n) is 2.02. The van der Waals surface area contributed by atoms with Crippen LogP contribution in [0.2, 0.25) is 0 Å². The predicted octanol–water partition coefficient (Wildman–Crippen LogP) is 0.629. The average molecular weight is 240 g/mol. The van der Waals surface area contributed by atoms with Gasteiger partial charge in [0.1, 0.15) is 0 Å². The zero-order chi connectivity index (χ0) is 12.6. The molecular formula is C9H15F3N2O2. The Balaban J connectivity index is 4.30. The lowest BCUT2D eigenvalue weighted by molar-refractivity contribution is -0.163. The highest BCUT2D eigenvalue weighted by Gasteiger charge is 2.40. The molecule has 0 heterocycles. The lowest BCUT2D eigenvalue weighted by atomic mass is 10.1. The first-order valence-electron chi connectivity index (χ1n) is 4.74. The van der Waals surface area contributed by atoms with Crippen molar-refractivity contribution in [3.05, 3.63) is 0 Å². The number of alkyl halides is 3. The summed E-state index contributed by atoms with van der Waals surface area (Å²) >= 11 is 0. The highest BCUT2D eigenvalue weighted by Crippen LogP contribution is 2.26. The summed E-state index contributed by atoms with van der Waals surface area (Å²) in [4.78, 5) is 1.35. The summed E-state index contributed by atoms with van der Waals surface area (Å²) < 4.78 is 41.6. The molecule has 0 radical (unpaired) electrons. The molecule has 0 spiro atoms. The van der Waals surface area contributed by atoms with Crippen molar-refractivity contribution < 1.29 is 23.0 Å². The standard InChI is InChI=1S/C9H15F3N2O2/c1-16-5-3-14(2-4-15)7-8(6-13)9(10,11)12/h8,15H,2-5,7H2,1H3. The van der Waals surface area contributed by atoms with Crippen molar-refractivity contribution >= 4 is 0 Å². The van der Waals surface area contributed by atoms with Crippen LogP contribution in [0.4, 0.5) is 13.2 Å². The molecule has 0 aromatic heterocycles. The zero-order valence-electron chi connectivity index (χ0n) is 9.00. The van der Waals surface area contributed by atoms with Gasteiger partial charge in [-0.3, -0.25) is 4.90 Å². The molecule has 4 nitrogen and oxygen atoms in total. The van der Waals surface area contributed by atoms with E-state index in [9.17, 15) is 13.2 Å². The van der Waals surface area contributed by atoms with Crippen LogP contribution >= 0.6 is 0 Å². The molecule has 0 aliphatic heterocycles. The first kappa shape index (κ1) is 15.2. The van der Waals surface area contributed by atoms with E-state index in [-0.39, 0.29) is 26.3 Å². The van der Waals surface area contributed by atoms with Crippen LogP contribution in [0.5, 0.6) is 0 Å². The summed E-state index contributed by atoms with van der Waals surface area (Å²) in [7, 11) is 1.43. The Hall–Kier alpha value is -0.840. The smallest absolute Gasteiger partial charge is 0.395 e. The molecule has 0 aliphatic carbocycles. The van der Waals surface area contributed by atoms with Crippen LogP contribution in [0, 0.1) is 17.2 Å². The van der Waals surface area contributed by atoms with Crippen LogP contribution in [0.1, 0.15) is 0 Å². The van der Waals surface area contributed by atoms with Gasteiger partial charge in [-0.25, -0.2) is 0 Å². The highest BCUT2D eigenvalue weighted by atomic mass is 19.4. The Labute approximate surface area is 92.2 Å². The summed E-state index contributed by atoms with van der Waals surface area (Å²) in [6.07, 6.45) is -4.53. The Morgan fingerprint density at radius 2 is 2.06 bits per heavy atom. The number of aliphatic hydroxyl groups excluding tert-OH is 1. The third-order valence-corrected chi connectivity index (χ3v) is 2.02. The normalized spacial score (nSPS) is 13.8. The maximum absolute atomic E-state index is 12.3. The van der Waals surface area contributed by atoms with Crippen molar-refractivity contribution in [1.29, 1.82) is 5.26 Å². The predicted molar refractivity (Wildman–Crippen MR) is 50.6 cm³/mol. The van der Waals surface area contributed by atoms with E-state index in [4.69, 9.17) is 15.1 Å². The van der Waals surface area contributed by atoms with Crippen molar-refractivity contribution in [3.63, 3.8) is 0 Å². The van der Waals surface area contributed by atoms with Crippen molar-refractivity contribution in [1.82, 2.24) is 4.90 Å². The summed E-state index contributed by atoms with van der Waals surface area (Å²) in [5.41, 5.74) is 0. The number of nitrogens with zero attached hydrogens (tertiary/aromatic N) is 2. The van der Waals surface area contributed by atoms with Crippen molar-refractivity contribution in [3.8, 4) is 6.07 Å². The zero-order valence-corrected chi connectivity index (χ0v) is 9.00. The molecule has 0 aromatic rings. The summed E-state index contributed by atoms with van der Waals surface area (Å²) in [6, 6.07) is 1.22. The second kappa shape index (κ2) is 7.44. The molecule has 1 unspecified atom stereocenters. The van der Waals surface area contributed by atoms with E-state index in [0.717, 1.165) is 0 Å². The lowest BCUT2D eigenvalue weighted by Gasteiger charge is -2.24. The SMILES string of the molecule is COCCN(CCO)CC(C#N)C(F)(F)F. The molecule has 0 fully saturated rings. The van der Waals surface area contributed by atoms with Crippen LogP contribution in [-0.2, 0) is 4.74 Å². The summed E-state index contributed by atoms with van der Waals surface area (Å²) in [5, 5.41) is 17.1. The van der Waals surface area contributed by atoms with Crippen LogP contribution < -0.4 is 0 Å². The summed E-state index contributed by atoms with van der Waals surface area (Å²) in [5.74, 6) is -2.03. The fraction of sp³-hybridized carbons (Fsp3) is 0.889. The largest absolute Gasteiger partial charge is 0.405 e. The molecule has 1 N–H and O–H groups in total. The lowest BCUT2D eigenvalue weighted by Crippen LogP contribution is -2.39. The average Bonchev–Trinajstić information content (AvgIpc) is 2.20. The van der Waals surface area contributed by atoms with Gasteiger partial charge in [0.2, 0.25) is 0 Å². The molecule has 0 aromatic carbocycles. The maximum Gasteiger partial charge on any atom is 0.405 e.